The molecule has 0 bridgehead atoms. The number of rotatable bonds is 4. The van der Waals surface area contributed by atoms with Crippen molar-refractivity contribution in [2.24, 2.45) is 0 Å². The first-order valence-electron chi connectivity index (χ1n) is 8.52. The predicted octanol–water partition coefficient (Wildman–Crippen LogP) is 4.33. The Bertz CT molecular complexity index is 784. The van der Waals surface area contributed by atoms with Crippen LogP contribution in [0.3, 0.4) is 0 Å². The number of phenolic OH excluding ortho intramolecular Hbond substituents is 1. The van der Waals surface area contributed by atoms with E-state index in [1.807, 2.05) is 24.3 Å². The zero-order valence-corrected chi connectivity index (χ0v) is 15.9. The maximum Gasteiger partial charge on any atom is 0.319 e. The average Bonchev–Trinajstić information content (AvgIpc) is 2.60. The van der Waals surface area contributed by atoms with E-state index in [1.54, 1.807) is 12.1 Å². The first-order chi connectivity index (χ1) is 11.9. The van der Waals surface area contributed by atoms with Gasteiger partial charge in [-0.2, -0.15) is 0 Å². The molecule has 0 atom stereocenters. The average molecular weight is 349 g/mol. The van der Waals surface area contributed by atoms with Crippen LogP contribution in [-0.2, 0) is 0 Å². The molecule has 0 aliphatic rings. The van der Waals surface area contributed by atoms with E-state index in [9.17, 15) is 5.11 Å². The van der Waals surface area contributed by atoms with Crippen LogP contribution in [0.15, 0.2) is 84.9 Å². The Kier molecular flexibility index (Phi) is 4.68. The van der Waals surface area contributed by atoms with E-state index >= 15 is 0 Å². The van der Waals surface area contributed by atoms with Gasteiger partial charge in [0.05, 0.1) is 0 Å². The van der Waals surface area contributed by atoms with E-state index < -0.39 is 8.32 Å². The van der Waals surface area contributed by atoms with Crippen molar-refractivity contribution in [2.45, 2.75) is 25.8 Å². The molecule has 0 unspecified atom stereocenters. The molecule has 3 aromatic rings. The van der Waals surface area contributed by atoms with Crippen molar-refractivity contribution in [3.8, 4) is 11.5 Å². The van der Waals surface area contributed by atoms with Crippen LogP contribution < -0.4 is 14.8 Å². The molecule has 0 aliphatic heterocycles. The van der Waals surface area contributed by atoms with Gasteiger partial charge in [-0.1, -0.05) is 87.5 Å². The molecule has 0 radical (unpaired) electrons. The Hall–Kier alpha value is -2.52. The lowest BCUT2D eigenvalue weighted by Gasteiger charge is -2.43. The molecule has 1 N–H and O–H groups in total. The van der Waals surface area contributed by atoms with Gasteiger partial charge in [0.15, 0.2) is 0 Å². The summed E-state index contributed by atoms with van der Waals surface area (Å²) in [6.45, 7) is 6.71. The number of hydrogen-bond acceptors (Lipinski definition) is 2. The highest BCUT2D eigenvalue weighted by molar-refractivity contribution is 7.00. The van der Waals surface area contributed by atoms with Gasteiger partial charge < -0.3 is 9.53 Å². The van der Waals surface area contributed by atoms with Gasteiger partial charge in [0.25, 0.3) is 0 Å². The van der Waals surface area contributed by atoms with Crippen molar-refractivity contribution >= 4 is 18.7 Å². The highest BCUT2D eigenvalue weighted by Crippen LogP contribution is 2.37. The van der Waals surface area contributed by atoms with Crippen LogP contribution in [0.1, 0.15) is 20.8 Å². The molecule has 0 amide bonds. The summed E-state index contributed by atoms with van der Waals surface area (Å²) in [7, 11) is -2.62. The van der Waals surface area contributed by atoms with Crippen LogP contribution in [0.2, 0.25) is 5.04 Å². The quantitative estimate of drug-likeness (QED) is 0.711. The van der Waals surface area contributed by atoms with Crippen LogP contribution in [0.4, 0.5) is 0 Å². The largest absolute Gasteiger partial charge is 0.534 e. The predicted molar refractivity (Wildman–Crippen MR) is 106 cm³/mol. The smallest absolute Gasteiger partial charge is 0.319 e. The molecule has 3 heteroatoms. The third-order valence-electron chi connectivity index (χ3n) is 4.51. The van der Waals surface area contributed by atoms with Crippen LogP contribution >= 0.6 is 0 Å². The molecular formula is C22H24O2Si. The van der Waals surface area contributed by atoms with Gasteiger partial charge in [-0.25, -0.2) is 0 Å². The molecular weight excluding hydrogens is 324 g/mol. The normalized spacial score (nSPS) is 12.0. The number of hydrogen-bond donors (Lipinski definition) is 1. The van der Waals surface area contributed by atoms with E-state index in [2.05, 4.69) is 69.3 Å². The number of aromatic hydroxyl groups is 1. The van der Waals surface area contributed by atoms with Gasteiger partial charge in [-0.15, -0.1) is 0 Å². The van der Waals surface area contributed by atoms with Crippen molar-refractivity contribution in [3.63, 3.8) is 0 Å². The lowest BCUT2D eigenvalue weighted by atomic mass is 10.2. The molecule has 25 heavy (non-hydrogen) atoms. The van der Waals surface area contributed by atoms with Crippen molar-refractivity contribution in [2.75, 3.05) is 0 Å². The summed E-state index contributed by atoms with van der Waals surface area (Å²) in [6.07, 6.45) is 0. The minimum atomic E-state index is -2.62. The number of benzene rings is 3. The molecule has 128 valence electrons. The molecule has 2 nitrogen and oxygen atoms in total. The minimum Gasteiger partial charge on any atom is -0.534 e. The molecule has 0 saturated heterocycles. The van der Waals surface area contributed by atoms with Crippen LogP contribution in [0.25, 0.3) is 0 Å². The first-order valence-corrected chi connectivity index (χ1v) is 10.4. The molecule has 0 spiro atoms. The van der Waals surface area contributed by atoms with Crippen LogP contribution in [-0.4, -0.2) is 13.4 Å². The summed E-state index contributed by atoms with van der Waals surface area (Å²) in [4.78, 5) is 0. The van der Waals surface area contributed by atoms with Gasteiger partial charge in [0.1, 0.15) is 11.5 Å². The van der Waals surface area contributed by atoms with Crippen molar-refractivity contribution in [3.05, 3.63) is 84.9 Å². The van der Waals surface area contributed by atoms with Gasteiger partial charge in [-0.05, 0) is 27.5 Å². The Morgan fingerprint density at radius 1 is 0.720 bits per heavy atom. The summed E-state index contributed by atoms with van der Waals surface area (Å²) < 4.78 is 6.80. The van der Waals surface area contributed by atoms with Crippen molar-refractivity contribution in [1.29, 1.82) is 0 Å². The van der Waals surface area contributed by atoms with Crippen molar-refractivity contribution < 1.29 is 9.53 Å². The van der Waals surface area contributed by atoms with E-state index in [4.69, 9.17) is 4.43 Å². The Morgan fingerprint density at radius 2 is 1.24 bits per heavy atom. The van der Waals surface area contributed by atoms with E-state index in [0.717, 1.165) is 0 Å². The van der Waals surface area contributed by atoms with Gasteiger partial charge in [0.2, 0.25) is 0 Å². The molecule has 3 rings (SSSR count). The molecule has 0 fully saturated rings. The minimum absolute atomic E-state index is 0.0961. The van der Waals surface area contributed by atoms with E-state index in [0.29, 0.717) is 5.75 Å². The fourth-order valence-electron chi connectivity index (χ4n) is 3.37. The SMILES string of the molecule is CC(C)(C)[Si](Oc1cccc(O)c1)(c1ccccc1)c1ccccc1. The molecule has 0 aliphatic carbocycles. The molecule has 0 aromatic heterocycles. The van der Waals surface area contributed by atoms with Gasteiger partial charge >= 0.3 is 8.32 Å². The molecule has 0 heterocycles. The summed E-state index contributed by atoms with van der Waals surface area (Å²) in [6, 6.07) is 28.1. The summed E-state index contributed by atoms with van der Waals surface area (Å²) in [5.74, 6) is 0.921. The monoisotopic (exact) mass is 348 g/mol. The third-order valence-corrected chi connectivity index (χ3v) is 9.45. The first kappa shape index (κ1) is 17.3. The summed E-state index contributed by atoms with van der Waals surface area (Å²) in [5.41, 5.74) is 0. The standard InChI is InChI=1S/C22H24O2Si/c1-22(2,3)25(20-13-6-4-7-14-20,21-15-8-5-9-16-21)24-19-12-10-11-18(23)17-19/h4-17,23H,1-3H3. The maximum atomic E-state index is 9.89. The van der Waals surface area contributed by atoms with Gasteiger partial charge in [-0.3, -0.25) is 0 Å². The van der Waals surface area contributed by atoms with E-state index in [-0.39, 0.29) is 10.8 Å². The lowest BCUT2D eigenvalue weighted by Crippen LogP contribution is -2.68. The zero-order valence-electron chi connectivity index (χ0n) is 14.9. The van der Waals surface area contributed by atoms with Crippen molar-refractivity contribution in [1.82, 2.24) is 0 Å². The van der Waals surface area contributed by atoms with E-state index in [1.165, 1.54) is 10.4 Å². The lowest BCUT2D eigenvalue weighted by molar-refractivity contribution is 0.465. The molecule has 0 saturated carbocycles. The second kappa shape index (κ2) is 6.77. The summed E-state index contributed by atoms with van der Waals surface area (Å²) >= 11 is 0. The number of phenols is 1. The molecule has 3 aromatic carbocycles. The highest BCUT2D eigenvalue weighted by atomic mass is 28.4. The zero-order chi connectivity index (χ0) is 17.9. The Labute approximate surface area is 150 Å². The van der Waals surface area contributed by atoms with Gasteiger partial charge in [0, 0.05) is 6.07 Å². The highest BCUT2D eigenvalue weighted by Gasteiger charge is 2.52. The second-order valence-corrected chi connectivity index (χ2v) is 11.5. The van der Waals surface area contributed by atoms with Crippen LogP contribution in [0, 0.1) is 0 Å². The topological polar surface area (TPSA) is 29.5 Å². The second-order valence-electron chi connectivity index (χ2n) is 7.26. The fourth-order valence-corrected chi connectivity index (χ4v) is 7.78. The summed E-state index contributed by atoms with van der Waals surface area (Å²) in [5, 5.41) is 12.2. The Morgan fingerprint density at radius 3 is 1.68 bits per heavy atom. The maximum absolute atomic E-state index is 9.89. The van der Waals surface area contributed by atoms with Crippen LogP contribution in [0.5, 0.6) is 11.5 Å². The Balaban J connectivity index is 2.26. The third kappa shape index (κ3) is 3.33. The fraction of sp³-hybridized carbons (Fsp3) is 0.182.